The quantitative estimate of drug-likeness (QED) is 0.805. The minimum Gasteiger partial charge on any atom is -0.392 e. The van der Waals surface area contributed by atoms with Crippen LogP contribution in [0.15, 0.2) is 22.7 Å². The lowest BCUT2D eigenvalue weighted by Crippen LogP contribution is -2.24. The molecule has 2 aromatic heterocycles. The maximum atomic E-state index is 12.1. The fourth-order valence-electron chi connectivity index (χ4n) is 1.80. The van der Waals surface area contributed by atoms with E-state index in [0.717, 1.165) is 0 Å². The van der Waals surface area contributed by atoms with Crippen molar-refractivity contribution in [1.29, 1.82) is 0 Å². The first-order valence-corrected chi connectivity index (χ1v) is 5.91. The zero-order chi connectivity index (χ0) is 13.8. The molecule has 1 amide bonds. The number of carbonyl (C=O) groups excluding carboxylic acids is 1. The Bertz CT molecular complexity index is 631. The Morgan fingerprint density at radius 1 is 1.47 bits per heavy atom. The first-order chi connectivity index (χ1) is 9.13. The molecule has 100 valence electrons. The van der Waals surface area contributed by atoms with Crippen molar-refractivity contribution in [3.63, 3.8) is 0 Å². The van der Waals surface area contributed by atoms with E-state index in [1.807, 2.05) is 0 Å². The SMILES string of the molecule is Cc1cc(C(=O)NCC=CCO)c2c(C)noc2n1. The molecule has 2 heterocycles. The molecule has 0 aliphatic heterocycles. The molecular formula is C13H15N3O3. The van der Waals surface area contributed by atoms with Gasteiger partial charge in [0.05, 0.1) is 23.3 Å². The largest absolute Gasteiger partial charge is 0.392 e. The second kappa shape index (κ2) is 5.62. The molecule has 0 saturated heterocycles. The van der Waals surface area contributed by atoms with Crippen LogP contribution >= 0.6 is 0 Å². The molecule has 0 saturated carbocycles. The van der Waals surface area contributed by atoms with Gasteiger partial charge in [-0.25, -0.2) is 4.98 Å². The number of aliphatic hydroxyl groups excluding tert-OH is 1. The highest BCUT2D eigenvalue weighted by Crippen LogP contribution is 2.21. The van der Waals surface area contributed by atoms with E-state index in [1.54, 1.807) is 32.1 Å². The van der Waals surface area contributed by atoms with Gasteiger partial charge < -0.3 is 14.9 Å². The average Bonchev–Trinajstić information content (AvgIpc) is 2.75. The summed E-state index contributed by atoms with van der Waals surface area (Å²) in [7, 11) is 0. The molecule has 6 heteroatoms. The number of aromatic nitrogens is 2. The minimum atomic E-state index is -0.218. The van der Waals surface area contributed by atoms with E-state index in [2.05, 4.69) is 15.5 Å². The van der Waals surface area contributed by atoms with Gasteiger partial charge in [0, 0.05) is 12.2 Å². The highest BCUT2D eigenvalue weighted by molar-refractivity contribution is 6.06. The highest BCUT2D eigenvalue weighted by atomic mass is 16.5. The molecule has 2 N–H and O–H groups in total. The third-order valence-corrected chi connectivity index (χ3v) is 2.64. The number of nitrogens with one attached hydrogen (secondary N) is 1. The van der Waals surface area contributed by atoms with E-state index in [-0.39, 0.29) is 12.5 Å². The van der Waals surface area contributed by atoms with Crippen molar-refractivity contribution >= 4 is 17.0 Å². The summed E-state index contributed by atoms with van der Waals surface area (Å²) in [5, 5.41) is 15.8. The molecular weight excluding hydrogens is 246 g/mol. The van der Waals surface area contributed by atoms with Crippen molar-refractivity contribution in [3.05, 3.63) is 35.2 Å². The summed E-state index contributed by atoms with van der Waals surface area (Å²) < 4.78 is 5.08. The number of rotatable bonds is 4. The molecule has 0 fully saturated rings. The van der Waals surface area contributed by atoms with Crippen LogP contribution in [0.2, 0.25) is 0 Å². The second-order valence-electron chi connectivity index (χ2n) is 4.12. The predicted octanol–water partition coefficient (Wildman–Crippen LogP) is 1.12. The Hall–Kier alpha value is -2.21. The maximum Gasteiger partial charge on any atom is 0.258 e. The number of hydrogen-bond acceptors (Lipinski definition) is 5. The Morgan fingerprint density at radius 2 is 2.26 bits per heavy atom. The molecule has 0 bridgehead atoms. The van der Waals surface area contributed by atoms with Crippen LogP contribution in [-0.2, 0) is 0 Å². The number of carbonyl (C=O) groups is 1. The molecule has 0 aliphatic rings. The van der Waals surface area contributed by atoms with Gasteiger partial charge in [-0.15, -0.1) is 0 Å². The lowest BCUT2D eigenvalue weighted by molar-refractivity contribution is 0.0959. The van der Waals surface area contributed by atoms with Gasteiger partial charge in [0.15, 0.2) is 0 Å². The number of nitrogens with zero attached hydrogens (tertiary/aromatic N) is 2. The molecule has 2 aromatic rings. The first kappa shape index (κ1) is 13.2. The smallest absolute Gasteiger partial charge is 0.258 e. The number of fused-ring (bicyclic) bond motifs is 1. The lowest BCUT2D eigenvalue weighted by Gasteiger charge is -2.04. The summed E-state index contributed by atoms with van der Waals surface area (Å²) in [4.78, 5) is 16.3. The topological polar surface area (TPSA) is 88.2 Å². The van der Waals surface area contributed by atoms with Crippen LogP contribution in [0.1, 0.15) is 21.7 Å². The van der Waals surface area contributed by atoms with E-state index in [1.165, 1.54) is 0 Å². The summed E-state index contributed by atoms with van der Waals surface area (Å²) in [6.45, 7) is 3.87. The van der Waals surface area contributed by atoms with Crippen LogP contribution < -0.4 is 5.32 Å². The van der Waals surface area contributed by atoms with E-state index in [9.17, 15) is 4.79 Å². The minimum absolute atomic E-state index is 0.0424. The van der Waals surface area contributed by atoms with Gasteiger partial charge in [-0.2, -0.15) is 0 Å². The van der Waals surface area contributed by atoms with Crippen LogP contribution in [0, 0.1) is 13.8 Å². The first-order valence-electron chi connectivity index (χ1n) is 5.91. The Morgan fingerprint density at radius 3 is 3.00 bits per heavy atom. The fraction of sp³-hybridized carbons (Fsp3) is 0.308. The van der Waals surface area contributed by atoms with E-state index in [0.29, 0.717) is 34.6 Å². The van der Waals surface area contributed by atoms with Gasteiger partial charge in [-0.1, -0.05) is 17.3 Å². The Labute approximate surface area is 110 Å². The molecule has 0 spiro atoms. The highest BCUT2D eigenvalue weighted by Gasteiger charge is 2.16. The van der Waals surface area contributed by atoms with Gasteiger partial charge in [0.25, 0.3) is 11.6 Å². The summed E-state index contributed by atoms with van der Waals surface area (Å²) in [5.41, 5.74) is 2.20. The molecule has 0 aromatic carbocycles. The van der Waals surface area contributed by atoms with Crippen LogP contribution in [0.5, 0.6) is 0 Å². The van der Waals surface area contributed by atoms with Crippen molar-refractivity contribution < 1.29 is 14.4 Å². The molecule has 6 nitrogen and oxygen atoms in total. The van der Waals surface area contributed by atoms with Crippen molar-refractivity contribution in [1.82, 2.24) is 15.5 Å². The predicted molar refractivity (Wildman–Crippen MR) is 69.8 cm³/mol. The van der Waals surface area contributed by atoms with Gasteiger partial charge >= 0.3 is 0 Å². The van der Waals surface area contributed by atoms with E-state index >= 15 is 0 Å². The standard InChI is InChI=1S/C13H15N3O3/c1-8-7-10(12(18)14-5-3-4-6-17)11-9(2)16-19-13(11)15-8/h3-4,7,17H,5-6H2,1-2H3,(H,14,18). The molecule has 0 radical (unpaired) electrons. The van der Waals surface area contributed by atoms with Crippen molar-refractivity contribution in [2.45, 2.75) is 13.8 Å². The molecule has 0 atom stereocenters. The van der Waals surface area contributed by atoms with Crippen molar-refractivity contribution in [2.75, 3.05) is 13.2 Å². The van der Waals surface area contributed by atoms with Gasteiger partial charge in [0.2, 0.25) is 0 Å². The number of amides is 1. The van der Waals surface area contributed by atoms with Gasteiger partial charge in [0.1, 0.15) is 0 Å². The van der Waals surface area contributed by atoms with Crippen LogP contribution in [0.3, 0.4) is 0 Å². The Balaban J connectivity index is 2.30. The lowest BCUT2D eigenvalue weighted by atomic mass is 10.1. The summed E-state index contributed by atoms with van der Waals surface area (Å²) in [5.74, 6) is -0.218. The van der Waals surface area contributed by atoms with E-state index in [4.69, 9.17) is 9.63 Å². The number of pyridine rings is 1. The second-order valence-corrected chi connectivity index (χ2v) is 4.12. The zero-order valence-corrected chi connectivity index (χ0v) is 10.8. The third-order valence-electron chi connectivity index (χ3n) is 2.64. The third kappa shape index (κ3) is 2.79. The van der Waals surface area contributed by atoms with Gasteiger partial charge in [-0.3, -0.25) is 4.79 Å². The van der Waals surface area contributed by atoms with Crippen molar-refractivity contribution in [2.24, 2.45) is 0 Å². The van der Waals surface area contributed by atoms with Crippen LogP contribution in [0.25, 0.3) is 11.1 Å². The summed E-state index contributed by atoms with van der Waals surface area (Å²) in [6.07, 6.45) is 3.25. The molecule has 2 rings (SSSR count). The van der Waals surface area contributed by atoms with Crippen molar-refractivity contribution in [3.8, 4) is 0 Å². The molecule has 0 aliphatic carbocycles. The maximum absolute atomic E-state index is 12.1. The number of aryl methyl sites for hydroxylation is 2. The normalized spacial score (nSPS) is 11.3. The molecule has 0 unspecified atom stereocenters. The van der Waals surface area contributed by atoms with Crippen LogP contribution in [-0.4, -0.2) is 34.3 Å². The number of aliphatic hydroxyl groups is 1. The molecule has 19 heavy (non-hydrogen) atoms. The number of hydrogen-bond donors (Lipinski definition) is 2. The van der Waals surface area contributed by atoms with Gasteiger partial charge in [-0.05, 0) is 19.9 Å². The van der Waals surface area contributed by atoms with Crippen LogP contribution in [0.4, 0.5) is 0 Å². The summed E-state index contributed by atoms with van der Waals surface area (Å²) in [6, 6.07) is 1.71. The fourth-order valence-corrected chi connectivity index (χ4v) is 1.80. The van der Waals surface area contributed by atoms with E-state index < -0.39 is 0 Å². The monoisotopic (exact) mass is 261 g/mol. The zero-order valence-electron chi connectivity index (χ0n) is 10.8. The Kier molecular flexibility index (Phi) is 3.91. The average molecular weight is 261 g/mol. The summed E-state index contributed by atoms with van der Waals surface area (Å²) >= 11 is 0.